The van der Waals surface area contributed by atoms with Gasteiger partial charge in [-0.05, 0) is 49.2 Å². The van der Waals surface area contributed by atoms with Gasteiger partial charge >= 0.3 is 0 Å². The van der Waals surface area contributed by atoms with Crippen LogP contribution in [-0.4, -0.2) is 38.6 Å². The third kappa shape index (κ3) is 6.29. The van der Waals surface area contributed by atoms with Crippen LogP contribution in [0.4, 0.5) is 0 Å². The highest BCUT2D eigenvalue weighted by Crippen LogP contribution is 2.28. The van der Waals surface area contributed by atoms with Gasteiger partial charge in [-0.2, -0.15) is 0 Å². The lowest BCUT2D eigenvalue weighted by Crippen LogP contribution is -2.34. The number of hydrogen-bond acceptors (Lipinski definition) is 4. The second-order valence-corrected chi connectivity index (χ2v) is 6.95. The van der Waals surface area contributed by atoms with E-state index in [-0.39, 0.29) is 24.5 Å². The topological polar surface area (TPSA) is 76.7 Å². The van der Waals surface area contributed by atoms with Crippen molar-refractivity contribution in [2.24, 2.45) is 0 Å². The molecule has 2 rings (SSSR count). The summed E-state index contributed by atoms with van der Waals surface area (Å²) in [5.41, 5.74) is 1.60. The first-order chi connectivity index (χ1) is 12.9. The monoisotopic (exact) mass is 434 g/mol. The van der Waals surface area contributed by atoms with E-state index in [1.54, 1.807) is 18.2 Å². The number of amides is 2. The number of nitrogens with one attached hydrogen (secondary N) is 2. The summed E-state index contributed by atoms with van der Waals surface area (Å²) in [6.07, 6.45) is 0.726. The van der Waals surface area contributed by atoms with Gasteiger partial charge in [0.2, 0.25) is 0 Å². The zero-order valence-corrected chi connectivity index (χ0v) is 17.1. The van der Waals surface area contributed by atoms with E-state index in [2.05, 4.69) is 26.6 Å². The summed E-state index contributed by atoms with van der Waals surface area (Å²) in [5, 5.41) is 5.45. The Balaban J connectivity index is 2.00. The molecule has 1 unspecified atom stereocenters. The Bertz CT molecular complexity index is 793. The average molecular weight is 435 g/mol. The van der Waals surface area contributed by atoms with Crippen LogP contribution in [-0.2, 0) is 11.2 Å². The molecule has 2 amide bonds. The standard InChI is InChI=1S/C20H23BrN2O4/c1-13(10-14-4-7-16(21)8-5-14)23-20(25)15-6-9-17(18(11-15)26-3)27-12-19(24)22-2/h4-9,11,13H,10,12H2,1-3H3,(H,22,24)(H,23,25). The molecule has 2 N–H and O–H groups in total. The molecular formula is C20H23BrN2O4. The second-order valence-electron chi connectivity index (χ2n) is 6.03. The van der Waals surface area contributed by atoms with E-state index in [0.29, 0.717) is 17.1 Å². The normalized spacial score (nSPS) is 11.4. The molecule has 144 valence electrons. The van der Waals surface area contributed by atoms with Gasteiger partial charge in [0.25, 0.3) is 11.8 Å². The fourth-order valence-corrected chi connectivity index (χ4v) is 2.74. The van der Waals surface area contributed by atoms with E-state index in [4.69, 9.17) is 9.47 Å². The van der Waals surface area contributed by atoms with Gasteiger partial charge in [0.05, 0.1) is 7.11 Å². The summed E-state index contributed by atoms with van der Waals surface area (Å²) >= 11 is 3.41. The van der Waals surface area contributed by atoms with E-state index >= 15 is 0 Å². The number of carbonyl (C=O) groups excluding carboxylic acids is 2. The van der Waals surface area contributed by atoms with E-state index in [1.807, 2.05) is 31.2 Å². The Morgan fingerprint density at radius 2 is 1.81 bits per heavy atom. The molecule has 0 aliphatic rings. The van der Waals surface area contributed by atoms with Gasteiger partial charge in [-0.25, -0.2) is 0 Å². The van der Waals surface area contributed by atoms with Crippen LogP contribution in [0.3, 0.4) is 0 Å². The number of likely N-dealkylation sites (N-methyl/N-ethyl adjacent to an activating group) is 1. The molecule has 0 saturated heterocycles. The first kappa shape index (κ1) is 20.8. The molecule has 0 aliphatic heterocycles. The molecule has 0 bridgehead atoms. The molecule has 27 heavy (non-hydrogen) atoms. The Labute approximate surface area is 167 Å². The maximum Gasteiger partial charge on any atom is 0.257 e. The van der Waals surface area contributed by atoms with Gasteiger partial charge < -0.3 is 20.1 Å². The van der Waals surface area contributed by atoms with Gasteiger partial charge in [-0.15, -0.1) is 0 Å². The number of rotatable bonds is 8. The summed E-state index contributed by atoms with van der Waals surface area (Å²) < 4.78 is 11.7. The fourth-order valence-electron chi connectivity index (χ4n) is 2.48. The van der Waals surface area contributed by atoms with Gasteiger partial charge in [0.1, 0.15) is 0 Å². The molecule has 7 heteroatoms. The quantitative estimate of drug-likeness (QED) is 0.669. The highest BCUT2D eigenvalue weighted by molar-refractivity contribution is 9.10. The lowest BCUT2D eigenvalue weighted by atomic mass is 10.1. The van der Waals surface area contributed by atoms with Crippen LogP contribution in [0.15, 0.2) is 46.9 Å². The maximum absolute atomic E-state index is 12.5. The predicted molar refractivity (Wildman–Crippen MR) is 107 cm³/mol. The van der Waals surface area contributed by atoms with E-state index in [0.717, 1.165) is 16.5 Å². The third-order valence-electron chi connectivity index (χ3n) is 3.90. The molecular weight excluding hydrogens is 412 g/mol. The van der Waals surface area contributed by atoms with Crippen molar-refractivity contribution in [3.8, 4) is 11.5 Å². The summed E-state index contributed by atoms with van der Waals surface area (Å²) in [6.45, 7) is 1.83. The fraction of sp³-hybridized carbons (Fsp3) is 0.300. The van der Waals surface area contributed by atoms with Crippen LogP contribution in [0, 0.1) is 0 Å². The Morgan fingerprint density at radius 3 is 2.44 bits per heavy atom. The minimum Gasteiger partial charge on any atom is -0.493 e. The van der Waals surface area contributed by atoms with E-state index in [9.17, 15) is 9.59 Å². The highest BCUT2D eigenvalue weighted by atomic mass is 79.9. The maximum atomic E-state index is 12.5. The number of ether oxygens (including phenoxy) is 2. The van der Waals surface area contributed by atoms with Crippen LogP contribution < -0.4 is 20.1 Å². The molecule has 0 fully saturated rings. The zero-order valence-electron chi connectivity index (χ0n) is 15.5. The van der Waals surface area contributed by atoms with Crippen molar-refractivity contribution in [3.05, 3.63) is 58.1 Å². The van der Waals surface area contributed by atoms with Crippen molar-refractivity contribution in [2.45, 2.75) is 19.4 Å². The highest BCUT2D eigenvalue weighted by Gasteiger charge is 2.14. The molecule has 0 spiro atoms. The van der Waals surface area contributed by atoms with Crippen molar-refractivity contribution in [3.63, 3.8) is 0 Å². The summed E-state index contributed by atoms with van der Waals surface area (Å²) in [5.74, 6) is 0.351. The van der Waals surface area contributed by atoms with Gasteiger partial charge in [0.15, 0.2) is 18.1 Å². The molecule has 0 heterocycles. The van der Waals surface area contributed by atoms with Crippen molar-refractivity contribution in [1.29, 1.82) is 0 Å². The van der Waals surface area contributed by atoms with Gasteiger partial charge in [-0.3, -0.25) is 9.59 Å². The lowest BCUT2D eigenvalue weighted by molar-refractivity contribution is -0.122. The molecule has 0 aliphatic carbocycles. The molecule has 2 aromatic rings. The Morgan fingerprint density at radius 1 is 1.11 bits per heavy atom. The minimum absolute atomic E-state index is 0.0335. The number of hydrogen-bond donors (Lipinski definition) is 2. The number of carbonyl (C=O) groups is 2. The molecule has 2 aromatic carbocycles. The van der Waals surface area contributed by atoms with Crippen molar-refractivity contribution in [2.75, 3.05) is 20.8 Å². The summed E-state index contributed by atoms with van der Waals surface area (Å²) in [6, 6.07) is 12.8. The van der Waals surface area contributed by atoms with Crippen LogP contribution in [0.2, 0.25) is 0 Å². The molecule has 0 radical (unpaired) electrons. The van der Waals surface area contributed by atoms with Crippen molar-refractivity contribution >= 4 is 27.7 Å². The SMILES string of the molecule is CNC(=O)COc1ccc(C(=O)NC(C)Cc2ccc(Br)cc2)cc1OC. The first-order valence-corrected chi connectivity index (χ1v) is 9.29. The molecule has 1 atom stereocenters. The number of halogens is 1. The van der Waals surface area contributed by atoms with E-state index < -0.39 is 0 Å². The largest absolute Gasteiger partial charge is 0.493 e. The van der Waals surface area contributed by atoms with Crippen LogP contribution in [0.5, 0.6) is 11.5 Å². The van der Waals surface area contributed by atoms with Crippen molar-refractivity contribution in [1.82, 2.24) is 10.6 Å². The first-order valence-electron chi connectivity index (χ1n) is 8.49. The van der Waals surface area contributed by atoms with Gasteiger partial charge in [0, 0.05) is 23.1 Å². The van der Waals surface area contributed by atoms with Crippen LogP contribution in [0.25, 0.3) is 0 Å². The average Bonchev–Trinajstić information content (AvgIpc) is 2.67. The predicted octanol–water partition coefficient (Wildman–Crippen LogP) is 2.94. The molecule has 0 aromatic heterocycles. The Kier molecular flexibility index (Phi) is 7.67. The van der Waals surface area contributed by atoms with Crippen molar-refractivity contribution < 1.29 is 19.1 Å². The van der Waals surface area contributed by atoms with E-state index in [1.165, 1.54) is 14.2 Å². The number of methoxy groups -OCH3 is 1. The molecule has 0 saturated carbocycles. The molecule has 6 nitrogen and oxygen atoms in total. The third-order valence-corrected chi connectivity index (χ3v) is 4.42. The lowest BCUT2D eigenvalue weighted by Gasteiger charge is -2.15. The van der Waals surface area contributed by atoms with Crippen LogP contribution in [0.1, 0.15) is 22.8 Å². The van der Waals surface area contributed by atoms with Crippen LogP contribution >= 0.6 is 15.9 Å². The number of benzene rings is 2. The summed E-state index contributed by atoms with van der Waals surface area (Å²) in [7, 11) is 3.02. The minimum atomic E-state index is -0.249. The smallest absolute Gasteiger partial charge is 0.257 e. The second kappa shape index (κ2) is 9.97. The summed E-state index contributed by atoms with van der Waals surface area (Å²) in [4.78, 5) is 23.8. The Hall–Kier alpha value is -2.54. The van der Waals surface area contributed by atoms with Gasteiger partial charge in [-0.1, -0.05) is 28.1 Å². The zero-order chi connectivity index (χ0) is 19.8.